The summed E-state index contributed by atoms with van der Waals surface area (Å²) in [6.45, 7) is 3.60. The first-order valence-corrected chi connectivity index (χ1v) is 10.2. The number of hydrogen-bond acceptors (Lipinski definition) is 5. The minimum Gasteiger partial charge on any atom is -0.477 e. The second kappa shape index (κ2) is 7.51. The van der Waals surface area contributed by atoms with Gasteiger partial charge in [0.1, 0.15) is 24.0 Å². The van der Waals surface area contributed by atoms with Gasteiger partial charge in [-0.15, -0.1) is 0 Å². The molecule has 0 aliphatic carbocycles. The highest BCUT2D eigenvalue weighted by Gasteiger charge is 2.34. The second-order valence-corrected chi connectivity index (χ2v) is 8.10. The van der Waals surface area contributed by atoms with Crippen LogP contribution in [0, 0.1) is 6.92 Å². The Labute approximate surface area is 183 Å². The molecule has 0 fully saturated rings. The van der Waals surface area contributed by atoms with Crippen LogP contribution in [0.3, 0.4) is 0 Å². The van der Waals surface area contributed by atoms with Crippen LogP contribution in [0.5, 0.6) is 11.5 Å². The number of Topliss-reactive ketones (excluding diaryl/α,β-unsaturated/α-hetero) is 1. The molecule has 152 valence electrons. The summed E-state index contributed by atoms with van der Waals surface area (Å²) in [4.78, 5) is 15.2. The quantitative estimate of drug-likeness (QED) is 0.476. The highest BCUT2D eigenvalue weighted by Crippen LogP contribution is 2.43. The van der Waals surface area contributed by atoms with E-state index in [9.17, 15) is 4.79 Å². The number of nitrogens with zero attached hydrogens (tertiary/aromatic N) is 1. The van der Waals surface area contributed by atoms with Crippen molar-refractivity contribution < 1.29 is 18.7 Å². The number of ether oxygens (including phenoxy) is 2. The molecule has 0 saturated carbocycles. The molecule has 0 N–H and O–H groups in total. The number of carbonyl (C=O) groups excluding carboxylic acids is 1. The third-order valence-electron chi connectivity index (χ3n) is 5.24. The van der Waals surface area contributed by atoms with Crippen LogP contribution >= 0.6 is 23.2 Å². The van der Waals surface area contributed by atoms with Gasteiger partial charge in [-0.3, -0.25) is 9.69 Å². The largest absolute Gasteiger partial charge is 0.477 e. The van der Waals surface area contributed by atoms with Crippen molar-refractivity contribution in [3.05, 3.63) is 86.5 Å². The Bertz CT molecular complexity index is 1160. The molecule has 2 aromatic carbocycles. The molecule has 0 amide bonds. The number of ketones is 1. The second-order valence-electron chi connectivity index (χ2n) is 7.28. The predicted octanol–water partition coefficient (Wildman–Crippen LogP) is 5.86. The number of rotatable bonds is 3. The lowest BCUT2D eigenvalue weighted by Gasteiger charge is -2.29. The van der Waals surface area contributed by atoms with Crippen molar-refractivity contribution in [1.82, 2.24) is 4.90 Å². The zero-order valence-corrected chi connectivity index (χ0v) is 17.6. The van der Waals surface area contributed by atoms with Gasteiger partial charge in [-0.25, -0.2) is 0 Å². The van der Waals surface area contributed by atoms with E-state index in [1.165, 1.54) is 0 Å². The molecule has 0 saturated heterocycles. The lowest BCUT2D eigenvalue weighted by atomic mass is 10.00. The van der Waals surface area contributed by atoms with Crippen molar-refractivity contribution >= 4 is 35.1 Å². The summed E-state index contributed by atoms with van der Waals surface area (Å²) in [5, 5.41) is 0.908. The predicted molar refractivity (Wildman–Crippen MR) is 114 cm³/mol. The lowest BCUT2D eigenvalue weighted by Crippen LogP contribution is -2.31. The van der Waals surface area contributed by atoms with Crippen molar-refractivity contribution in [2.24, 2.45) is 0 Å². The Balaban J connectivity index is 1.47. The summed E-state index contributed by atoms with van der Waals surface area (Å²) < 4.78 is 17.4. The molecule has 5 nitrogen and oxygen atoms in total. The molecule has 2 aliphatic heterocycles. The topological polar surface area (TPSA) is 51.9 Å². The summed E-state index contributed by atoms with van der Waals surface area (Å²) in [5.74, 6) is 2.14. The van der Waals surface area contributed by atoms with Crippen molar-refractivity contribution in [1.29, 1.82) is 0 Å². The highest BCUT2D eigenvalue weighted by molar-refractivity contribution is 6.37. The molecule has 0 radical (unpaired) electrons. The minimum absolute atomic E-state index is 0.192. The Morgan fingerprint density at radius 1 is 1.13 bits per heavy atom. The van der Waals surface area contributed by atoms with Crippen LogP contribution < -0.4 is 9.47 Å². The van der Waals surface area contributed by atoms with E-state index < -0.39 is 0 Å². The number of furan rings is 1. The fourth-order valence-corrected chi connectivity index (χ4v) is 4.31. The molecule has 3 heterocycles. The van der Waals surface area contributed by atoms with E-state index in [1.54, 1.807) is 30.5 Å². The maximum atomic E-state index is 13.1. The van der Waals surface area contributed by atoms with Gasteiger partial charge >= 0.3 is 0 Å². The minimum atomic E-state index is -0.199. The number of fused-ring (bicyclic) bond motifs is 2. The van der Waals surface area contributed by atoms with Gasteiger partial charge in [-0.05, 0) is 43.3 Å². The first kappa shape index (κ1) is 19.2. The van der Waals surface area contributed by atoms with Gasteiger partial charge in [0.2, 0.25) is 5.78 Å². The van der Waals surface area contributed by atoms with E-state index in [0.717, 1.165) is 22.6 Å². The molecule has 5 rings (SSSR count). The fourth-order valence-electron chi connectivity index (χ4n) is 3.80. The third kappa shape index (κ3) is 3.29. The Morgan fingerprint density at radius 2 is 1.93 bits per heavy atom. The standard InChI is InChI=1S/C23H17Cl2NO4/c1-13-22-14(10-26(12-29-22)11-15-4-3-7-28-15)8-17-21(27)20(30-23(13)17)9-16-18(24)5-2-6-19(16)25/h2-9H,10-12H2,1H3/b20-9-. The molecule has 30 heavy (non-hydrogen) atoms. The van der Waals surface area contributed by atoms with Gasteiger partial charge in [0.15, 0.2) is 5.76 Å². The van der Waals surface area contributed by atoms with E-state index in [1.807, 2.05) is 25.1 Å². The third-order valence-corrected chi connectivity index (χ3v) is 5.90. The van der Waals surface area contributed by atoms with Crippen LogP contribution in [0.15, 0.2) is 52.8 Å². The summed E-state index contributed by atoms with van der Waals surface area (Å²) in [6.07, 6.45) is 3.25. The van der Waals surface area contributed by atoms with Crippen molar-refractivity contribution in [3.63, 3.8) is 0 Å². The average molecular weight is 442 g/mol. The Hall–Kier alpha value is -2.73. The van der Waals surface area contributed by atoms with Gasteiger partial charge in [-0.1, -0.05) is 29.3 Å². The van der Waals surface area contributed by atoms with E-state index in [0.29, 0.717) is 46.7 Å². The van der Waals surface area contributed by atoms with Gasteiger partial charge in [0.05, 0.1) is 18.4 Å². The normalized spacial score (nSPS) is 16.9. The molecular formula is C23H17Cl2NO4. The van der Waals surface area contributed by atoms with E-state index in [2.05, 4.69) is 4.90 Å². The first-order chi connectivity index (χ1) is 14.5. The zero-order chi connectivity index (χ0) is 20.8. The number of allylic oxidation sites excluding steroid dienone is 1. The summed E-state index contributed by atoms with van der Waals surface area (Å²) in [7, 11) is 0. The monoisotopic (exact) mass is 441 g/mol. The fraction of sp³-hybridized carbons (Fsp3) is 0.174. The molecule has 3 aromatic rings. The molecule has 7 heteroatoms. The van der Waals surface area contributed by atoms with E-state index in [4.69, 9.17) is 37.1 Å². The Morgan fingerprint density at radius 3 is 2.67 bits per heavy atom. The smallest absolute Gasteiger partial charge is 0.231 e. The van der Waals surface area contributed by atoms with Gasteiger partial charge in [-0.2, -0.15) is 0 Å². The van der Waals surface area contributed by atoms with E-state index >= 15 is 0 Å². The van der Waals surface area contributed by atoms with Crippen molar-refractivity contribution in [2.75, 3.05) is 6.73 Å². The first-order valence-electron chi connectivity index (χ1n) is 9.43. The number of carbonyl (C=O) groups is 1. The van der Waals surface area contributed by atoms with Crippen LogP contribution in [-0.2, 0) is 13.1 Å². The van der Waals surface area contributed by atoms with Crippen molar-refractivity contribution in [3.8, 4) is 11.5 Å². The molecule has 1 aromatic heterocycles. The lowest BCUT2D eigenvalue weighted by molar-refractivity contribution is 0.0813. The van der Waals surface area contributed by atoms with Crippen molar-refractivity contribution in [2.45, 2.75) is 20.0 Å². The summed E-state index contributed by atoms with van der Waals surface area (Å²) in [5.41, 5.74) is 2.82. The average Bonchev–Trinajstić information content (AvgIpc) is 3.34. The van der Waals surface area contributed by atoms with Gasteiger partial charge < -0.3 is 13.9 Å². The molecule has 0 spiro atoms. The Kier molecular flexibility index (Phi) is 4.82. The summed E-state index contributed by atoms with van der Waals surface area (Å²) >= 11 is 12.5. The van der Waals surface area contributed by atoms with Crippen LogP contribution in [0.1, 0.15) is 32.8 Å². The molecule has 0 atom stereocenters. The molecule has 0 bridgehead atoms. The SMILES string of the molecule is Cc1c2c(cc3c1O/C(=C\c1c(Cl)cccc1Cl)C3=O)CN(Cc1ccco1)CO2. The van der Waals surface area contributed by atoms with Gasteiger partial charge in [0, 0.05) is 33.3 Å². The maximum Gasteiger partial charge on any atom is 0.231 e. The highest BCUT2D eigenvalue weighted by atomic mass is 35.5. The molecule has 2 aliphatic rings. The van der Waals surface area contributed by atoms with Gasteiger partial charge in [0.25, 0.3) is 0 Å². The zero-order valence-electron chi connectivity index (χ0n) is 16.1. The van der Waals surface area contributed by atoms with Crippen LogP contribution in [0.25, 0.3) is 6.08 Å². The summed E-state index contributed by atoms with van der Waals surface area (Å²) in [6, 6.07) is 10.8. The van der Waals surface area contributed by atoms with Crippen LogP contribution in [-0.4, -0.2) is 17.4 Å². The maximum absolute atomic E-state index is 13.1. The van der Waals surface area contributed by atoms with Crippen LogP contribution in [0.2, 0.25) is 10.0 Å². The molecular weight excluding hydrogens is 425 g/mol. The molecule has 0 unspecified atom stereocenters. The number of halogens is 2. The number of hydrogen-bond donors (Lipinski definition) is 0. The number of benzene rings is 2. The van der Waals surface area contributed by atoms with E-state index in [-0.39, 0.29) is 11.5 Å². The van der Waals surface area contributed by atoms with Crippen LogP contribution in [0.4, 0.5) is 0 Å².